The maximum atomic E-state index is 12.2. The molecule has 0 radical (unpaired) electrons. The van der Waals surface area contributed by atoms with Crippen LogP contribution in [0.4, 0.5) is 0 Å². The number of likely N-dealkylation sites (N-methyl/N-ethyl adjacent to an activating group) is 1. The van der Waals surface area contributed by atoms with E-state index in [-0.39, 0.29) is 4.90 Å². The van der Waals surface area contributed by atoms with E-state index >= 15 is 0 Å². The van der Waals surface area contributed by atoms with E-state index in [0.29, 0.717) is 24.6 Å². The number of sulfonamides is 1. The van der Waals surface area contributed by atoms with E-state index in [0.717, 1.165) is 24.4 Å². The van der Waals surface area contributed by atoms with Crippen molar-refractivity contribution >= 4 is 21.6 Å². The molecule has 0 unspecified atom stereocenters. The monoisotopic (exact) mass is 382 g/mol. The smallest absolute Gasteiger partial charge is 0.240 e. The highest BCUT2D eigenvalue weighted by atomic mass is 35.5. The van der Waals surface area contributed by atoms with Crippen LogP contribution in [0.1, 0.15) is 12.5 Å². The first-order valence-electron chi connectivity index (χ1n) is 8.19. The summed E-state index contributed by atoms with van der Waals surface area (Å²) < 4.78 is 32.6. The molecule has 0 heterocycles. The van der Waals surface area contributed by atoms with E-state index in [1.807, 2.05) is 24.3 Å². The minimum atomic E-state index is -3.51. The second kappa shape index (κ2) is 9.77. The average molecular weight is 383 g/mol. The van der Waals surface area contributed by atoms with Crippen LogP contribution < -0.4 is 14.8 Å². The summed E-state index contributed by atoms with van der Waals surface area (Å²) in [6, 6.07) is 13.8. The Morgan fingerprint density at radius 3 is 2.32 bits per heavy atom. The summed E-state index contributed by atoms with van der Waals surface area (Å²) >= 11 is 5.78. The van der Waals surface area contributed by atoms with Crippen molar-refractivity contribution in [2.45, 2.75) is 18.2 Å². The molecule has 0 bridgehead atoms. The fraction of sp³-hybridized carbons (Fsp3) is 0.333. The number of halogens is 1. The first kappa shape index (κ1) is 19.7. The Morgan fingerprint density at radius 1 is 1.00 bits per heavy atom. The lowest BCUT2D eigenvalue weighted by atomic mass is 10.1. The first-order chi connectivity index (χ1) is 12.0. The van der Waals surface area contributed by atoms with Crippen LogP contribution in [0.25, 0.3) is 0 Å². The molecule has 0 aliphatic rings. The predicted molar refractivity (Wildman–Crippen MR) is 101 cm³/mol. The summed E-state index contributed by atoms with van der Waals surface area (Å²) in [6.07, 6.45) is 0.602. The standard InChI is InChI=1S/C18H23ClN2O3S/c1-2-20-13-14-24-17-7-3-15(4-8-17)11-12-21-25(22,23)18-9-5-16(19)6-10-18/h3-10,20-21H,2,11-14H2,1H3. The van der Waals surface area contributed by atoms with E-state index < -0.39 is 10.0 Å². The molecular weight excluding hydrogens is 360 g/mol. The number of rotatable bonds is 10. The van der Waals surface area contributed by atoms with Gasteiger partial charge in [-0.1, -0.05) is 30.7 Å². The highest BCUT2D eigenvalue weighted by Crippen LogP contribution is 2.15. The number of ether oxygens (including phenoxy) is 1. The third kappa shape index (κ3) is 6.66. The molecule has 0 saturated heterocycles. The van der Waals surface area contributed by atoms with Crippen molar-refractivity contribution < 1.29 is 13.2 Å². The van der Waals surface area contributed by atoms with E-state index in [9.17, 15) is 8.42 Å². The average Bonchev–Trinajstić information content (AvgIpc) is 2.60. The quantitative estimate of drug-likeness (QED) is 0.620. The maximum absolute atomic E-state index is 12.2. The zero-order valence-electron chi connectivity index (χ0n) is 14.2. The summed E-state index contributed by atoms with van der Waals surface area (Å²) in [4.78, 5) is 0.210. The molecule has 5 nitrogen and oxygen atoms in total. The van der Waals surface area contributed by atoms with Gasteiger partial charge in [-0.3, -0.25) is 0 Å². The highest BCUT2D eigenvalue weighted by Gasteiger charge is 2.12. The van der Waals surface area contributed by atoms with Crippen LogP contribution >= 0.6 is 11.6 Å². The Bertz CT molecular complexity index is 747. The molecule has 0 aromatic heterocycles. The molecule has 2 rings (SSSR count). The largest absolute Gasteiger partial charge is 0.492 e. The molecule has 0 saturated carbocycles. The molecule has 136 valence electrons. The van der Waals surface area contributed by atoms with Crippen molar-refractivity contribution in [2.24, 2.45) is 0 Å². The Kier molecular flexibility index (Phi) is 7.71. The van der Waals surface area contributed by atoms with Crippen LogP contribution in [0.3, 0.4) is 0 Å². The third-order valence-electron chi connectivity index (χ3n) is 3.55. The van der Waals surface area contributed by atoms with E-state index in [1.54, 1.807) is 12.1 Å². The zero-order chi connectivity index (χ0) is 18.1. The molecule has 25 heavy (non-hydrogen) atoms. The lowest BCUT2D eigenvalue weighted by Crippen LogP contribution is -2.25. The number of hydrogen-bond acceptors (Lipinski definition) is 4. The predicted octanol–water partition coefficient (Wildman–Crippen LogP) is 2.85. The van der Waals surface area contributed by atoms with Gasteiger partial charge < -0.3 is 10.1 Å². The number of nitrogens with one attached hydrogen (secondary N) is 2. The zero-order valence-corrected chi connectivity index (χ0v) is 15.7. The maximum Gasteiger partial charge on any atom is 0.240 e. The van der Waals surface area contributed by atoms with Gasteiger partial charge in [-0.2, -0.15) is 0 Å². The Labute approximate surface area is 154 Å². The van der Waals surface area contributed by atoms with E-state index in [1.165, 1.54) is 12.1 Å². The van der Waals surface area contributed by atoms with Crippen molar-refractivity contribution in [3.63, 3.8) is 0 Å². The van der Waals surface area contributed by atoms with Gasteiger partial charge in [-0.25, -0.2) is 13.1 Å². The normalized spacial score (nSPS) is 11.4. The molecule has 0 aliphatic heterocycles. The van der Waals surface area contributed by atoms with Gasteiger partial charge in [0.25, 0.3) is 0 Å². The van der Waals surface area contributed by atoms with Crippen LogP contribution in [0.5, 0.6) is 5.75 Å². The molecule has 0 amide bonds. The lowest BCUT2D eigenvalue weighted by Gasteiger charge is -2.09. The summed E-state index contributed by atoms with van der Waals surface area (Å²) in [5.41, 5.74) is 1.04. The van der Waals surface area contributed by atoms with Crippen molar-refractivity contribution in [1.29, 1.82) is 0 Å². The van der Waals surface area contributed by atoms with Gasteiger partial charge in [0.1, 0.15) is 12.4 Å². The second-order valence-electron chi connectivity index (χ2n) is 5.45. The topological polar surface area (TPSA) is 67.4 Å². The summed E-state index contributed by atoms with van der Waals surface area (Å²) in [6.45, 7) is 4.73. The van der Waals surface area contributed by atoms with Crippen LogP contribution in [-0.2, 0) is 16.4 Å². The van der Waals surface area contributed by atoms with Gasteiger partial charge in [0, 0.05) is 18.1 Å². The summed E-state index contributed by atoms with van der Waals surface area (Å²) in [7, 11) is -3.51. The van der Waals surface area contributed by atoms with E-state index in [2.05, 4.69) is 17.0 Å². The fourth-order valence-electron chi connectivity index (χ4n) is 2.20. The third-order valence-corrected chi connectivity index (χ3v) is 5.28. The molecule has 7 heteroatoms. The SMILES string of the molecule is CCNCCOc1ccc(CCNS(=O)(=O)c2ccc(Cl)cc2)cc1. The van der Waals surface area contributed by atoms with Gasteiger partial charge >= 0.3 is 0 Å². The fourth-order valence-corrected chi connectivity index (χ4v) is 3.35. The van der Waals surface area contributed by atoms with Crippen molar-refractivity contribution in [2.75, 3.05) is 26.2 Å². The Hall–Kier alpha value is -1.60. The molecule has 2 N–H and O–H groups in total. The van der Waals surface area contributed by atoms with Crippen LogP contribution in [0.15, 0.2) is 53.4 Å². The van der Waals surface area contributed by atoms with Gasteiger partial charge in [0.15, 0.2) is 0 Å². The molecule has 0 aliphatic carbocycles. The van der Waals surface area contributed by atoms with Crippen molar-refractivity contribution in [3.8, 4) is 5.75 Å². The van der Waals surface area contributed by atoms with Crippen LogP contribution in [0.2, 0.25) is 5.02 Å². The summed E-state index contributed by atoms with van der Waals surface area (Å²) in [5, 5.41) is 3.70. The molecular formula is C18H23ClN2O3S. The molecule has 0 spiro atoms. The molecule has 2 aromatic rings. The minimum absolute atomic E-state index is 0.210. The van der Waals surface area contributed by atoms with Gasteiger partial charge in [-0.05, 0) is 54.9 Å². The van der Waals surface area contributed by atoms with Crippen LogP contribution in [0, 0.1) is 0 Å². The second-order valence-corrected chi connectivity index (χ2v) is 7.65. The van der Waals surface area contributed by atoms with Gasteiger partial charge in [0.2, 0.25) is 10.0 Å². The van der Waals surface area contributed by atoms with Gasteiger partial charge in [0.05, 0.1) is 4.90 Å². The minimum Gasteiger partial charge on any atom is -0.492 e. The first-order valence-corrected chi connectivity index (χ1v) is 10.0. The lowest BCUT2D eigenvalue weighted by molar-refractivity contribution is 0.315. The number of hydrogen-bond donors (Lipinski definition) is 2. The molecule has 0 atom stereocenters. The molecule has 0 fully saturated rings. The summed E-state index contributed by atoms with van der Waals surface area (Å²) in [5.74, 6) is 0.809. The Morgan fingerprint density at radius 2 is 1.68 bits per heavy atom. The number of benzene rings is 2. The molecule has 2 aromatic carbocycles. The highest BCUT2D eigenvalue weighted by molar-refractivity contribution is 7.89. The Balaban J connectivity index is 1.80. The van der Waals surface area contributed by atoms with Crippen molar-refractivity contribution in [3.05, 3.63) is 59.1 Å². The van der Waals surface area contributed by atoms with Gasteiger partial charge in [-0.15, -0.1) is 0 Å². The van der Waals surface area contributed by atoms with E-state index in [4.69, 9.17) is 16.3 Å². The van der Waals surface area contributed by atoms with Crippen LogP contribution in [-0.4, -0.2) is 34.7 Å². The van der Waals surface area contributed by atoms with Crippen molar-refractivity contribution in [1.82, 2.24) is 10.0 Å².